The molecule has 1 heterocycles. The first kappa shape index (κ1) is 16.2. The summed E-state index contributed by atoms with van der Waals surface area (Å²) in [5.41, 5.74) is 0.708. The predicted molar refractivity (Wildman–Crippen MR) is 82.2 cm³/mol. The maximum Gasteiger partial charge on any atom is 0.227 e. The molecular weight excluding hydrogens is 351 g/mol. The average Bonchev–Trinajstić information content (AvgIpc) is 3.00. The zero-order chi connectivity index (χ0) is 15.9. The topological polar surface area (TPSA) is 57.2 Å². The number of furan rings is 1. The maximum atomic E-state index is 13.2. The Labute approximate surface area is 136 Å². The number of carbonyl (C=O) groups is 1. The van der Waals surface area contributed by atoms with Crippen molar-refractivity contribution < 1.29 is 13.6 Å². The van der Waals surface area contributed by atoms with Crippen molar-refractivity contribution in [2.24, 2.45) is 0 Å². The number of halogens is 2. The summed E-state index contributed by atoms with van der Waals surface area (Å²) in [5, 5.41) is 8.72. The van der Waals surface area contributed by atoms with E-state index in [0.717, 1.165) is 0 Å². The van der Waals surface area contributed by atoms with E-state index < -0.39 is 0 Å². The Hall–Kier alpha value is -2.13. The van der Waals surface area contributed by atoms with Crippen LogP contribution in [0.1, 0.15) is 17.7 Å². The van der Waals surface area contributed by atoms with Gasteiger partial charge in [0.1, 0.15) is 11.6 Å². The molecule has 0 bridgehead atoms. The van der Waals surface area contributed by atoms with E-state index in [1.165, 1.54) is 6.07 Å². The third-order valence-corrected chi connectivity index (χ3v) is 3.72. The maximum absolute atomic E-state index is 13.2. The molecule has 2 aromatic rings. The van der Waals surface area contributed by atoms with Gasteiger partial charge >= 0.3 is 0 Å². The molecule has 0 saturated carbocycles. The Kier molecular flexibility index (Phi) is 5.73. The first-order valence-electron chi connectivity index (χ1n) is 6.71. The van der Waals surface area contributed by atoms with Crippen molar-refractivity contribution in [3.05, 3.63) is 58.2 Å². The fourth-order valence-corrected chi connectivity index (χ4v) is 2.43. The number of amides is 1. The van der Waals surface area contributed by atoms with Crippen LogP contribution in [0.3, 0.4) is 0 Å². The van der Waals surface area contributed by atoms with Gasteiger partial charge in [-0.1, -0.05) is 6.07 Å². The number of rotatable bonds is 6. The van der Waals surface area contributed by atoms with Crippen LogP contribution in [0.2, 0.25) is 0 Å². The molecular formula is C16H14BrFN2O2. The fraction of sp³-hybridized carbons (Fsp3) is 0.250. The second kappa shape index (κ2) is 7.76. The normalized spacial score (nSPS) is 10.2. The summed E-state index contributed by atoms with van der Waals surface area (Å²) < 4.78 is 18.8. The van der Waals surface area contributed by atoms with Crippen molar-refractivity contribution >= 4 is 21.8 Å². The third kappa shape index (κ3) is 4.43. The molecule has 0 aliphatic rings. The number of carbonyl (C=O) groups excluding carboxylic acids is 1. The van der Waals surface area contributed by atoms with Gasteiger partial charge in [0.2, 0.25) is 5.91 Å². The van der Waals surface area contributed by atoms with Gasteiger partial charge in [-0.15, -0.1) is 0 Å². The fourth-order valence-electron chi connectivity index (χ4n) is 2.00. The highest BCUT2D eigenvalue weighted by atomic mass is 79.9. The molecule has 114 valence electrons. The standard InChI is InChI=1S/C16H14BrFN2O2/c17-14-9-12(4-5-15(14)18)10-16(21)20(7-2-6-19)11-13-3-1-8-22-13/h1,3-5,8-9H,2,7,10-11H2. The number of nitrogens with zero attached hydrogens (tertiary/aromatic N) is 2. The highest BCUT2D eigenvalue weighted by molar-refractivity contribution is 9.10. The Balaban J connectivity index is 2.07. The monoisotopic (exact) mass is 364 g/mol. The van der Waals surface area contributed by atoms with Crippen LogP contribution in [-0.4, -0.2) is 17.4 Å². The van der Waals surface area contributed by atoms with Crippen molar-refractivity contribution in [2.45, 2.75) is 19.4 Å². The van der Waals surface area contributed by atoms with E-state index in [-0.39, 0.29) is 24.6 Å². The Morgan fingerprint density at radius 2 is 2.23 bits per heavy atom. The molecule has 0 unspecified atom stereocenters. The lowest BCUT2D eigenvalue weighted by molar-refractivity contribution is -0.131. The number of benzene rings is 1. The van der Waals surface area contributed by atoms with Gasteiger partial charge in [-0.05, 0) is 45.8 Å². The van der Waals surface area contributed by atoms with E-state index in [1.807, 2.05) is 6.07 Å². The Morgan fingerprint density at radius 3 is 2.86 bits per heavy atom. The SMILES string of the molecule is N#CCCN(Cc1ccco1)C(=O)Cc1ccc(F)c(Br)c1. The molecule has 0 N–H and O–H groups in total. The van der Waals surface area contributed by atoms with Gasteiger partial charge in [0, 0.05) is 6.54 Å². The summed E-state index contributed by atoms with van der Waals surface area (Å²) in [5.74, 6) is 0.157. The molecule has 1 aromatic carbocycles. The van der Waals surface area contributed by atoms with E-state index in [2.05, 4.69) is 15.9 Å². The largest absolute Gasteiger partial charge is 0.467 e. The first-order chi connectivity index (χ1) is 10.6. The van der Waals surface area contributed by atoms with Crippen molar-refractivity contribution in [2.75, 3.05) is 6.54 Å². The van der Waals surface area contributed by atoms with Gasteiger partial charge in [0.15, 0.2) is 0 Å². The van der Waals surface area contributed by atoms with E-state index in [1.54, 1.807) is 35.4 Å². The highest BCUT2D eigenvalue weighted by Crippen LogP contribution is 2.18. The lowest BCUT2D eigenvalue weighted by Gasteiger charge is -2.20. The molecule has 0 saturated heterocycles. The van der Waals surface area contributed by atoms with Gasteiger partial charge in [0.25, 0.3) is 0 Å². The van der Waals surface area contributed by atoms with Crippen molar-refractivity contribution in [3.8, 4) is 6.07 Å². The van der Waals surface area contributed by atoms with Crippen LogP contribution in [-0.2, 0) is 17.8 Å². The first-order valence-corrected chi connectivity index (χ1v) is 7.50. The quantitative estimate of drug-likeness (QED) is 0.785. The summed E-state index contributed by atoms with van der Waals surface area (Å²) in [6.45, 7) is 0.647. The minimum Gasteiger partial charge on any atom is -0.467 e. The average molecular weight is 365 g/mol. The second-order valence-corrected chi connectivity index (χ2v) is 5.58. The van der Waals surface area contributed by atoms with Gasteiger partial charge in [-0.25, -0.2) is 4.39 Å². The number of hydrogen-bond acceptors (Lipinski definition) is 3. The molecule has 0 fully saturated rings. The van der Waals surface area contributed by atoms with Crippen LogP contribution in [0.5, 0.6) is 0 Å². The minimum absolute atomic E-state index is 0.134. The van der Waals surface area contributed by atoms with Crippen LogP contribution < -0.4 is 0 Å². The lowest BCUT2D eigenvalue weighted by Crippen LogP contribution is -2.32. The molecule has 0 aliphatic heterocycles. The molecule has 22 heavy (non-hydrogen) atoms. The minimum atomic E-state index is -0.367. The van der Waals surface area contributed by atoms with Crippen molar-refractivity contribution in [1.29, 1.82) is 5.26 Å². The second-order valence-electron chi connectivity index (χ2n) is 4.73. The molecule has 0 atom stereocenters. The van der Waals surface area contributed by atoms with Gasteiger partial charge in [0.05, 0.1) is 36.2 Å². The summed E-state index contributed by atoms with van der Waals surface area (Å²) in [4.78, 5) is 14.0. The van der Waals surface area contributed by atoms with Crippen LogP contribution in [0.15, 0.2) is 45.5 Å². The smallest absolute Gasteiger partial charge is 0.227 e. The molecule has 1 amide bonds. The molecule has 0 radical (unpaired) electrons. The van der Waals surface area contributed by atoms with Gasteiger partial charge in [-0.3, -0.25) is 4.79 Å². The number of hydrogen-bond donors (Lipinski definition) is 0. The van der Waals surface area contributed by atoms with Crippen molar-refractivity contribution in [1.82, 2.24) is 4.90 Å². The van der Waals surface area contributed by atoms with Crippen LogP contribution in [0.4, 0.5) is 4.39 Å². The summed E-state index contributed by atoms with van der Waals surface area (Å²) in [6.07, 6.45) is 1.93. The van der Waals surface area contributed by atoms with E-state index in [4.69, 9.17) is 9.68 Å². The van der Waals surface area contributed by atoms with Crippen LogP contribution in [0, 0.1) is 17.1 Å². The molecule has 0 aliphatic carbocycles. The Bertz CT molecular complexity index is 680. The molecule has 1 aromatic heterocycles. The van der Waals surface area contributed by atoms with Crippen LogP contribution >= 0.6 is 15.9 Å². The molecule has 0 spiro atoms. The zero-order valence-electron chi connectivity index (χ0n) is 11.8. The summed E-state index contributed by atoms with van der Waals surface area (Å²) >= 11 is 3.11. The molecule has 2 rings (SSSR count). The molecule has 6 heteroatoms. The zero-order valence-corrected chi connectivity index (χ0v) is 13.3. The summed E-state index contributed by atoms with van der Waals surface area (Å²) in [6, 6.07) is 10.0. The number of nitriles is 1. The van der Waals surface area contributed by atoms with E-state index in [9.17, 15) is 9.18 Å². The summed E-state index contributed by atoms with van der Waals surface area (Å²) in [7, 11) is 0. The highest BCUT2D eigenvalue weighted by Gasteiger charge is 2.16. The lowest BCUT2D eigenvalue weighted by atomic mass is 10.1. The van der Waals surface area contributed by atoms with Crippen molar-refractivity contribution in [3.63, 3.8) is 0 Å². The Morgan fingerprint density at radius 1 is 1.41 bits per heavy atom. The van der Waals surface area contributed by atoms with Gasteiger partial charge in [-0.2, -0.15) is 5.26 Å². The van der Waals surface area contributed by atoms with E-state index in [0.29, 0.717) is 28.9 Å². The predicted octanol–water partition coefficient (Wildman–Crippen LogP) is 3.67. The molecule has 4 nitrogen and oxygen atoms in total. The van der Waals surface area contributed by atoms with Gasteiger partial charge < -0.3 is 9.32 Å². The third-order valence-electron chi connectivity index (χ3n) is 3.11. The van der Waals surface area contributed by atoms with E-state index >= 15 is 0 Å². The van der Waals surface area contributed by atoms with Crippen LogP contribution in [0.25, 0.3) is 0 Å².